The zero-order valence-corrected chi connectivity index (χ0v) is 8.63. The molecule has 0 aliphatic heterocycles. The van der Waals surface area contributed by atoms with E-state index in [1.54, 1.807) is 0 Å². The molecule has 1 heterocycles. The van der Waals surface area contributed by atoms with Crippen molar-refractivity contribution in [3.8, 4) is 11.4 Å². The quantitative estimate of drug-likeness (QED) is 0.447. The highest BCUT2D eigenvalue weighted by molar-refractivity contribution is 5.76. The molecular weight excluding hydrogens is 222 g/mol. The molecule has 0 saturated heterocycles. The van der Waals surface area contributed by atoms with Gasteiger partial charge in [0.25, 0.3) is 0 Å². The Morgan fingerprint density at radius 2 is 2.18 bits per heavy atom. The van der Waals surface area contributed by atoms with E-state index in [-0.39, 0.29) is 6.54 Å². The van der Waals surface area contributed by atoms with Crippen molar-refractivity contribution in [3.63, 3.8) is 0 Å². The van der Waals surface area contributed by atoms with E-state index in [0.29, 0.717) is 5.82 Å². The largest absolute Gasteiger partial charge is 0.290 e. The summed E-state index contributed by atoms with van der Waals surface area (Å²) in [6.07, 6.45) is 0. The number of carbonyl (C=O) groups excluding carboxylic acids is 1. The molecule has 0 spiro atoms. The van der Waals surface area contributed by atoms with Crippen LogP contribution in [0.15, 0.2) is 35.4 Å². The minimum atomic E-state index is -0.662. The summed E-state index contributed by atoms with van der Waals surface area (Å²) in [4.78, 5) is 14.5. The van der Waals surface area contributed by atoms with Crippen molar-refractivity contribution in [1.29, 1.82) is 0 Å². The van der Waals surface area contributed by atoms with E-state index in [2.05, 4.69) is 25.4 Å². The van der Waals surface area contributed by atoms with Crippen LogP contribution in [0.2, 0.25) is 0 Å². The van der Waals surface area contributed by atoms with Gasteiger partial charge in [0, 0.05) is 10.5 Å². The van der Waals surface area contributed by atoms with Gasteiger partial charge < -0.3 is 0 Å². The molecule has 0 unspecified atom stereocenters. The molecule has 1 amide bonds. The molecule has 0 saturated carbocycles. The molecule has 8 nitrogen and oxygen atoms in total. The van der Waals surface area contributed by atoms with E-state index < -0.39 is 5.91 Å². The highest BCUT2D eigenvalue weighted by Crippen LogP contribution is 2.11. The third kappa shape index (κ3) is 2.64. The SMILES string of the molecule is [N-]=[N+]=NC(=O)Cn1nnc(-c2ccccc2)n1. The van der Waals surface area contributed by atoms with Crippen molar-refractivity contribution in [2.24, 2.45) is 5.11 Å². The van der Waals surface area contributed by atoms with Crippen LogP contribution in [0.4, 0.5) is 0 Å². The van der Waals surface area contributed by atoms with Gasteiger partial charge in [-0.3, -0.25) is 4.79 Å². The number of benzene rings is 1. The van der Waals surface area contributed by atoms with Gasteiger partial charge in [-0.05, 0) is 15.9 Å². The van der Waals surface area contributed by atoms with Crippen molar-refractivity contribution in [2.75, 3.05) is 0 Å². The Labute approximate surface area is 95.5 Å². The Balaban J connectivity index is 2.17. The van der Waals surface area contributed by atoms with Crippen LogP contribution in [0.5, 0.6) is 0 Å². The predicted molar refractivity (Wildman–Crippen MR) is 57.4 cm³/mol. The van der Waals surface area contributed by atoms with Gasteiger partial charge in [-0.25, -0.2) is 0 Å². The Morgan fingerprint density at radius 3 is 2.88 bits per heavy atom. The molecule has 0 fully saturated rings. The third-order valence-electron chi connectivity index (χ3n) is 1.92. The highest BCUT2D eigenvalue weighted by Gasteiger charge is 2.07. The van der Waals surface area contributed by atoms with Crippen molar-refractivity contribution in [2.45, 2.75) is 6.54 Å². The highest BCUT2D eigenvalue weighted by atomic mass is 16.2. The van der Waals surface area contributed by atoms with Crippen LogP contribution in [0.25, 0.3) is 21.8 Å². The van der Waals surface area contributed by atoms with E-state index in [1.165, 1.54) is 0 Å². The van der Waals surface area contributed by atoms with E-state index >= 15 is 0 Å². The average molecular weight is 229 g/mol. The lowest BCUT2D eigenvalue weighted by molar-refractivity contribution is -0.118. The predicted octanol–water partition coefficient (Wildman–Crippen LogP) is 1.18. The van der Waals surface area contributed by atoms with Crippen LogP contribution < -0.4 is 0 Å². The zero-order chi connectivity index (χ0) is 12.1. The number of hydrogen-bond donors (Lipinski definition) is 0. The average Bonchev–Trinajstić information content (AvgIpc) is 2.79. The summed E-state index contributed by atoms with van der Waals surface area (Å²) >= 11 is 0. The standard InChI is InChI=1S/C9H7N7O/c10-14-11-8(17)6-16-13-9(12-15-16)7-4-2-1-3-5-7/h1-5H,6H2. The van der Waals surface area contributed by atoms with Crippen LogP contribution in [0.1, 0.15) is 0 Å². The summed E-state index contributed by atoms with van der Waals surface area (Å²) in [5.74, 6) is -0.246. The molecule has 8 heteroatoms. The Kier molecular flexibility index (Phi) is 3.08. The number of rotatable bonds is 3. The monoisotopic (exact) mass is 229 g/mol. The van der Waals surface area contributed by atoms with Crippen molar-refractivity contribution in [3.05, 3.63) is 40.8 Å². The van der Waals surface area contributed by atoms with E-state index in [9.17, 15) is 4.79 Å². The third-order valence-corrected chi connectivity index (χ3v) is 1.92. The lowest BCUT2D eigenvalue weighted by atomic mass is 10.2. The minimum Gasteiger partial charge on any atom is -0.290 e. The smallest absolute Gasteiger partial charge is 0.242 e. The Morgan fingerprint density at radius 1 is 1.41 bits per heavy atom. The maximum atomic E-state index is 11.0. The first-order chi connectivity index (χ1) is 8.29. The van der Waals surface area contributed by atoms with Crippen LogP contribution in [-0.2, 0) is 11.3 Å². The summed E-state index contributed by atoms with van der Waals surface area (Å²) < 4.78 is 0. The second-order valence-electron chi connectivity index (χ2n) is 3.09. The number of amides is 1. The molecule has 0 aliphatic carbocycles. The molecule has 84 valence electrons. The van der Waals surface area contributed by atoms with Crippen LogP contribution in [-0.4, -0.2) is 26.1 Å². The van der Waals surface area contributed by atoms with Crippen molar-refractivity contribution >= 4 is 5.91 Å². The number of hydrogen-bond acceptors (Lipinski definition) is 4. The molecule has 2 aromatic rings. The first-order valence-corrected chi connectivity index (χ1v) is 4.71. The molecule has 17 heavy (non-hydrogen) atoms. The van der Waals surface area contributed by atoms with E-state index in [4.69, 9.17) is 5.53 Å². The maximum Gasteiger partial charge on any atom is 0.242 e. The molecule has 0 N–H and O–H groups in total. The van der Waals surface area contributed by atoms with Crippen LogP contribution in [0, 0.1) is 0 Å². The first-order valence-electron chi connectivity index (χ1n) is 4.71. The number of aromatic nitrogens is 4. The lowest BCUT2D eigenvalue weighted by Crippen LogP contribution is -2.10. The number of azide groups is 1. The number of nitrogens with zero attached hydrogens (tertiary/aromatic N) is 7. The molecule has 0 radical (unpaired) electrons. The maximum absolute atomic E-state index is 11.0. The van der Waals surface area contributed by atoms with Gasteiger partial charge in [0.05, 0.1) is 0 Å². The van der Waals surface area contributed by atoms with Gasteiger partial charge in [-0.1, -0.05) is 30.3 Å². The number of tetrazole rings is 1. The van der Waals surface area contributed by atoms with Gasteiger partial charge in [0.1, 0.15) is 6.54 Å². The number of carbonyl (C=O) groups is 1. The van der Waals surface area contributed by atoms with Gasteiger partial charge in [-0.15, -0.1) is 10.2 Å². The van der Waals surface area contributed by atoms with Crippen LogP contribution >= 0.6 is 0 Å². The second kappa shape index (κ2) is 4.86. The van der Waals surface area contributed by atoms with Crippen molar-refractivity contribution in [1.82, 2.24) is 20.2 Å². The Bertz CT molecular complexity index is 570. The molecule has 0 bridgehead atoms. The first kappa shape index (κ1) is 10.8. The second-order valence-corrected chi connectivity index (χ2v) is 3.09. The fraction of sp³-hybridized carbons (Fsp3) is 0.111. The zero-order valence-electron chi connectivity index (χ0n) is 8.63. The fourth-order valence-electron chi connectivity index (χ4n) is 1.22. The molecule has 1 aromatic heterocycles. The fourth-order valence-corrected chi connectivity index (χ4v) is 1.22. The van der Waals surface area contributed by atoms with Gasteiger partial charge in [0.2, 0.25) is 11.7 Å². The minimum absolute atomic E-state index is 0.218. The van der Waals surface area contributed by atoms with E-state index in [0.717, 1.165) is 10.4 Å². The topological polar surface area (TPSA) is 109 Å². The normalized spacial score (nSPS) is 9.65. The summed E-state index contributed by atoms with van der Waals surface area (Å²) in [6.45, 7) is -0.218. The molecule has 1 aromatic carbocycles. The molecular formula is C9H7N7O. The van der Waals surface area contributed by atoms with Crippen molar-refractivity contribution < 1.29 is 4.79 Å². The van der Waals surface area contributed by atoms with Gasteiger partial charge in [0.15, 0.2) is 0 Å². The molecule has 0 aliphatic rings. The summed E-state index contributed by atoms with van der Waals surface area (Å²) in [6, 6.07) is 9.23. The summed E-state index contributed by atoms with van der Waals surface area (Å²) in [7, 11) is 0. The molecule has 2 rings (SSSR count). The Hall–Kier alpha value is -2.73. The molecule has 0 atom stereocenters. The van der Waals surface area contributed by atoms with Gasteiger partial charge >= 0.3 is 0 Å². The summed E-state index contributed by atoms with van der Waals surface area (Å²) in [5, 5.41) is 14.4. The van der Waals surface area contributed by atoms with Gasteiger partial charge in [-0.2, -0.15) is 4.80 Å². The van der Waals surface area contributed by atoms with E-state index in [1.807, 2.05) is 30.3 Å². The summed E-state index contributed by atoms with van der Waals surface area (Å²) in [5.41, 5.74) is 8.87. The lowest BCUT2D eigenvalue weighted by Gasteiger charge is -1.92. The van der Waals surface area contributed by atoms with Crippen LogP contribution in [0.3, 0.4) is 0 Å².